The molecule has 0 aromatic heterocycles. The number of carbonyl (C=O) groups is 2. The molecule has 2 amide bonds. The molecule has 5 aromatic rings. The third-order valence-corrected chi connectivity index (χ3v) is 10.2. The lowest BCUT2D eigenvalue weighted by Gasteiger charge is -2.38. The number of para-hydroxylation sites is 1. The zero-order chi connectivity index (χ0) is 35.9. The number of anilines is 3. The predicted molar refractivity (Wildman–Crippen MR) is 205 cm³/mol. The molecule has 1 atom stereocenters. The van der Waals surface area contributed by atoms with Crippen LogP contribution in [0.3, 0.4) is 0 Å². The summed E-state index contributed by atoms with van der Waals surface area (Å²) in [6.45, 7) is 14.8. The van der Waals surface area contributed by atoms with Crippen LogP contribution in [0.4, 0.5) is 21.9 Å². The summed E-state index contributed by atoms with van der Waals surface area (Å²) in [4.78, 5) is 32.3. The van der Waals surface area contributed by atoms with E-state index >= 15 is 0 Å². The molecule has 0 bridgehead atoms. The van der Waals surface area contributed by atoms with Crippen molar-refractivity contribution < 1.29 is 19.1 Å². The third kappa shape index (κ3) is 5.90. The van der Waals surface area contributed by atoms with Gasteiger partial charge in [0.2, 0.25) is 0 Å². The lowest BCUT2D eigenvalue weighted by Crippen LogP contribution is -2.37. The van der Waals surface area contributed by atoms with Crippen LogP contribution < -0.4 is 19.9 Å². The first-order valence-corrected chi connectivity index (χ1v) is 18.0. The minimum absolute atomic E-state index is 0.210. The largest absolute Gasteiger partial charge is 0.456 e. The van der Waals surface area contributed by atoms with Gasteiger partial charge >= 0.3 is 12.0 Å². The van der Waals surface area contributed by atoms with Crippen LogP contribution in [0.25, 0.3) is 0 Å². The van der Waals surface area contributed by atoms with E-state index in [0.29, 0.717) is 34.9 Å². The van der Waals surface area contributed by atoms with Crippen molar-refractivity contribution in [3.63, 3.8) is 0 Å². The molecule has 5 aromatic carbocycles. The number of nitrogens with zero attached hydrogens (tertiary/aromatic N) is 2. The number of rotatable bonds is 9. The molecule has 7 nitrogen and oxygen atoms in total. The van der Waals surface area contributed by atoms with Gasteiger partial charge in [-0.1, -0.05) is 94.4 Å². The van der Waals surface area contributed by atoms with Gasteiger partial charge < -0.3 is 19.7 Å². The average Bonchev–Trinajstić information content (AvgIpc) is 3.43. The van der Waals surface area contributed by atoms with Crippen molar-refractivity contribution in [3.05, 3.63) is 148 Å². The Morgan fingerprint density at radius 2 is 1.37 bits per heavy atom. The second kappa shape index (κ2) is 13.6. The molecule has 0 saturated heterocycles. The van der Waals surface area contributed by atoms with Crippen molar-refractivity contribution in [1.82, 2.24) is 0 Å². The van der Waals surface area contributed by atoms with Crippen molar-refractivity contribution in [2.24, 2.45) is 0 Å². The zero-order valence-corrected chi connectivity index (χ0v) is 30.2. The van der Waals surface area contributed by atoms with Crippen LogP contribution in [0.15, 0.2) is 109 Å². The predicted octanol–water partition coefficient (Wildman–Crippen LogP) is 10.6. The molecule has 7 rings (SSSR count). The normalized spacial score (nSPS) is 15.6. The SMILES string of the molecule is CCN(CC)c1ccc2c(c1)Oc1ccc(N(Cc3ccccc3)C(=O)Nc3c(C(C)C)cccc3C(C)C)cc1C21OC(=O)c2ccccc21. The van der Waals surface area contributed by atoms with Crippen LogP contribution in [0, 0.1) is 0 Å². The van der Waals surface area contributed by atoms with Gasteiger partial charge in [-0.2, -0.15) is 0 Å². The van der Waals surface area contributed by atoms with Gasteiger partial charge in [0, 0.05) is 52.9 Å². The first kappa shape index (κ1) is 33.9. The lowest BCUT2D eigenvalue weighted by atomic mass is 9.77. The Hall–Kier alpha value is -5.56. The summed E-state index contributed by atoms with van der Waals surface area (Å²) in [7, 11) is 0. The number of fused-ring (bicyclic) bond motifs is 6. The molecule has 260 valence electrons. The second-order valence-electron chi connectivity index (χ2n) is 13.9. The molecule has 0 aliphatic carbocycles. The monoisotopic (exact) mass is 679 g/mol. The van der Waals surface area contributed by atoms with E-state index in [9.17, 15) is 9.59 Å². The Kier molecular flexibility index (Phi) is 9.06. The molecule has 1 N–H and O–H groups in total. The maximum Gasteiger partial charge on any atom is 0.340 e. The molecule has 2 heterocycles. The summed E-state index contributed by atoms with van der Waals surface area (Å²) in [6.07, 6.45) is 0. The first-order valence-electron chi connectivity index (χ1n) is 18.0. The number of nitrogens with one attached hydrogen (secondary N) is 1. The zero-order valence-electron chi connectivity index (χ0n) is 30.2. The lowest BCUT2D eigenvalue weighted by molar-refractivity contribution is 0.0224. The Labute approximate surface area is 300 Å². The fraction of sp³-hybridized carbons (Fsp3) is 0.273. The number of hydrogen-bond acceptors (Lipinski definition) is 5. The molecule has 7 heteroatoms. The Balaban J connectivity index is 1.39. The number of ether oxygens (including phenoxy) is 2. The fourth-order valence-corrected chi connectivity index (χ4v) is 7.52. The molecule has 1 spiro atoms. The molecule has 1 unspecified atom stereocenters. The van der Waals surface area contributed by atoms with Gasteiger partial charge in [0.1, 0.15) is 11.5 Å². The van der Waals surface area contributed by atoms with Gasteiger partial charge in [-0.15, -0.1) is 0 Å². The third-order valence-electron chi connectivity index (χ3n) is 10.2. The minimum atomic E-state index is -1.27. The van der Waals surface area contributed by atoms with E-state index in [-0.39, 0.29) is 17.9 Å². The highest BCUT2D eigenvalue weighted by Gasteiger charge is 2.53. The maximum atomic E-state index is 14.6. The topological polar surface area (TPSA) is 71.1 Å². The molecular formula is C44H45N3O4. The van der Waals surface area contributed by atoms with Crippen LogP contribution in [-0.2, 0) is 16.9 Å². The van der Waals surface area contributed by atoms with Crippen LogP contribution in [-0.4, -0.2) is 25.1 Å². The molecule has 2 aliphatic heterocycles. The number of amides is 2. The number of hydrogen-bond donors (Lipinski definition) is 1. The highest BCUT2D eigenvalue weighted by atomic mass is 16.6. The first-order chi connectivity index (χ1) is 24.7. The van der Waals surface area contributed by atoms with Gasteiger partial charge in [0.05, 0.1) is 12.1 Å². The van der Waals surface area contributed by atoms with Crippen LogP contribution in [0.1, 0.15) is 97.1 Å². The van der Waals surface area contributed by atoms with E-state index in [1.165, 1.54) is 0 Å². The van der Waals surface area contributed by atoms with E-state index in [1.807, 2.05) is 84.9 Å². The quantitative estimate of drug-likeness (QED) is 0.157. The van der Waals surface area contributed by atoms with E-state index in [4.69, 9.17) is 9.47 Å². The minimum Gasteiger partial charge on any atom is -0.456 e. The summed E-state index contributed by atoms with van der Waals surface area (Å²) >= 11 is 0. The van der Waals surface area contributed by atoms with E-state index in [0.717, 1.165) is 52.3 Å². The molecule has 0 fully saturated rings. The molecule has 51 heavy (non-hydrogen) atoms. The summed E-state index contributed by atoms with van der Waals surface area (Å²) in [5.41, 5.74) is 7.08. The highest BCUT2D eigenvalue weighted by Crippen LogP contribution is 2.57. The van der Waals surface area contributed by atoms with Crippen molar-refractivity contribution in [2.45, 2.75) is 65.5 Å². The molecule has 2 aliphatic rings. The fourth-order valence-electron chi connectivity index (χ4n) is 7.52. The van der Waals surface area contributed by atoms with Crippen LogP contribution in [0.5, 0.6) is 11.5 Å². The van der Waals surface area contributed by atoms with Gasteiger partial charge in [0.15, 0.2) is 5.60 Å². The summed E-state index contributed by atoms with van der Waals surface area (Å²) in [5, 5.41) is 3.33. The molecule has 0 radical (unpaired) electrons. The summed E-state index contributed by atoms with van der Waals surface area (Å²) in [5.74, 6) is 1.23. The number of esters is 1. The number of carbonyl (C=O) groups excluding carboxylic acids is 2. The average molecular weight is 680 g/mol. The Bertz CT molecular complexity index is 2080. The summed E-state index contributed by atoms with van der Waals surface area (Å²) < 4.78 is 13.2. The Morgan fingerprint density at radius 3 is 2.06 bits per heavy atom. The van der Waals surface area contributed by atoms with Gasteiger partial charge in [-0.25, -0.2) is 9.59 Å². The second-order valence-corrected chi connectivity index (χ2v) is 13.9. The van der Waals surface area contributed by atoms with Crippen molar-refractivity contribution in [1.29, 1.82) is 0 Å². The van der Waals surface area contributed by atoms with Crippen LogP contribution >= 0.6 is 0 Å². The van der Waals surface area contributed by atoms with Gasteiger partial charge in [-0.05, 0) is 78.8 Å². The number of urea groups is 1. The standard InChI is InChI=1S/C44H45N3O4/c1-7-46(8-2)31-21-23-37-40(26-31)50-39-24-22-32(25-38(39)44(37)36-20-13-12-17-35(36)42(48)51-44)47(27-30-15-10-9-11-16-30)43(49)45-41-33(28(3)4)18-14-19-34(41)29(5)6/h9-26,28-29H,7-8,27H2,1-6H3,(H,45,49). The van der Waals surface area contributed by atoms with Crippen molar-refractivity contribution in [2.75, 3.05) is 28.2 Å². The Morgan fingerprint density at radius 1 is 0.706 bits per heavy atom. The number of benzene rings is 5. The van der Waals surface area contributed by atoms with E-state index in [2.05, 4.69) is 76.0 Å². The maximum absolute atomic E-state index is 14.6. The molecule has 0 saturated carbocycles. The smallest absolute Gasteiger partial charge is 0.340 e. The van der Waals surface area contributed by atoms with Gasteiger partial charge in [-0.3, -0.25) is 4.90 Å². The van der Waals surface area contributed by atoms with Crippen molar-refractivity contribution in [3.8, 4) is 11.5 Å². The van der Waals surface area contributed by atoms with E-state index < -0.39 is 11.6 Å². The highest BCUT2D eigenvalue weighted by molar-refractivity contribution is 6.03. The van der Waals surface area contributed by atoms with Crippen LogP contribution in [0.2, 0.25) is 0 Å². The summed E-state index contributed by atoms with van der Waals surface area (Å²) in [6, 6.07) is 35.3. The van der Waals surface area contributed by atoms with E-state index in [1.54, 1.807) is 4.90 Å². The van der Waals surface area contributed by atoms with Crippen molar-refractivity contribution >= 4 is 29.1 Å². The molecular weight excluding hydrogens is 635 g/mol. The van der Waals surface area contributed by atoms with Gasteiger partial charge in [0.25, 0.3) is 0 Å².